The first-order valence-electron chi connectivity index (χ1n) is 9.79. The van der Waals surface area contributed by atoms with Gasteiger partial charge < -0.3 is 14.1 Å². The monoisotopic (exact) mass is 410 g/mol. The Kier molecular flexibility index (Phi) is 5.85. The van der Waals surface area contributed by atoms with Crippen molar-refractivity contribution in [1.29, 1.82) is 0 Å². The third-order valence-electron chi connectivity index (χ3n) is 4.82. The van der Waals surface area contributed by atoms with Gasteiger partial charge in [0.05, 0.1) is 17.1 Å². The van der Waals surface area contributed by atoms with Gasteiger partial charge in [-0.25, -0.2) is 4.79 Å². The zero-order valence-corrected chi connectivity index (χ0v) is 17.0. The molecular weight excluding hydrogens is 388 g/mol. The number of hydrogen-bond donors (Lipinski definition) is 0. The number of nitrogens with zero attached hydrogens (tertiary/aromatic N) is 2. The lowest BCUT2D eigenvalue weighted by atomic mass is 10.1. The average Bonchev–Trinajstić information content (AvgIpc) is 3.36. The molecule has 2 aliphatic heterocycles. The van der Waals surface area contributed by atoms with Gasteiger partial charge in [-0.1, -0.05) is 12.1 Å². The number of amidine groups is 1. The number of amides is 1. The van der Waals surface area contributed by atoms with Gasteiger partial charge in [-0.05, 0) is 62.2 Å². The number of likely N-dealkylation sites (tertiary alicyclic amines) is 1. The van der Waals surface area contributed by atoms with Crippen molar-refractivity contribution in [2.45, 2.75) is 26.2 Å². The molecule has 1 aromatic heterocycles. The van der Waals surface area contributed by atoms with E-state index in [-0.39, 0.29) is 11.9 Å². The highest BCUT2D eigenvalue weighted by atomic mass is 32.2. The van der Waals surface area contributed by atoms with E-state index in [9.17, 15) is 9.59 Å². The Balaban J connectivity index is 1.45. The van der Waals surface area contributed by atoms with Crippen molar-refractivity contribution in [3.8, 4) is 11.3 Å². The van der Waals surface area contributed by atoms with Crippen molar-refractivity contribution in [2.75, 3.05) is 19.7 Å². The number of esters is 1. The van der Waals surface area contributed by atoms with Crippen molar-refractivity contribution in [3.05, 3.63) is 52.6 Å². The molecule has 1 aromatic carbocycles. The lowest BCUT2D eigenvalue weighted by Crippen LogP contribution is -2.33. The molecule has 1 fully saturated rings. The van der Waals surface area contributed by atoms with E-state index >= 15 is 0 Å². The van der Waals surface area contributed by atoms with Gasteiger partial charge in [-0.3, -0.25) is 4.79 Å². The molecule has 1 saturated heterocycles. The van der Waals surface area contributed by atoms with Crippen LogP contribution in [-0.4, -0.2) is 41.6 Å². The third-order valence-corrected chi connectivity index (χ3v) is 5.86. The maximum absolute atomic E-state index is 12.3. The Morgan fingerprint density at radius 3 is 2.66 bits per heavy atom. The van der Waals surface area contributed by atoms with Crippen LogP contribution in [0.5, 0.6) is 0 Å². The second kappa shape index (κ2) is 8.69. The Morgan fingerprint density at radius 1 is 1.17 bits per heavy atom. The summed E-state index contributed by atoms with van der Waals surface area (Å²) in [5.41, 5.74) is 1.35. The van der Waals surface area contributed by atoms with Crippen LogP contribution in [0.15, 0.2) is 50.7 Å². The van der Waals surface area contributed by atoms with E-state index in [0.717, 1.165) is 36.7 Å². The SMILES string of the molecule is CCOC(=O)c1ccc(-c2ccc(C=C3SC(N4CCCCC4)=NC3=O)o2)cc1. The predicted octanol–water partition coefficient (Wildman–Crippen LogP) is 4.58. The van der Waals surface area contributed by atoms with Gasteiger partial charge in [0.2, 0.25) is 0 Å². The number of carbonyl (C=O) groups is 2. The largest absolute Gasteiger partial charge is 0.462 e. The second-order valence-corrected chi connectivity index (χ2v) is 7.87. The van der Waals surface area contributed by atoms with Gasteiger partial charge in [0, 0.05) is 24.7 Å². The molecule has 0 radical (unpaired) electrons. The minimum atomic E-state index is -0.342. The molecule has 2 aromatic rings. The van der Waals surface area contributed by atoms with Crippen LogP contribution >= 0.6 is 11.8 Å². The highest BCUT2D eigenvalue weighted by Gasteiger charge is 2.27. The second-order valence-electron chi connectivity index (χ2n) is 6.86. The van der Waals surface area contributed by atoms with Crippen LogP contribution in [-0.2, 0) is 9.53 Å². The standard InChI is InChI=1S/C22H22N2O4S/c1-2-27-21(26)16-8-6-15(7-9-16)18-11-10-17(28-18)14-19-20(25)23-22(29-19)24-12-4-3-5-13-24/h6-11,14H,2-5,12-13H2,1H3. The number of furan rings is 1. The summed E-state index contributed by atoms with van der Waals surface area (Å²) >= 11 is 1.41. The maximum Gasteiger partial charge on any atom is 0.338 e. The molecule has 0 atom stereocenters. The molecule has 6 nitrogen and oxygen atoms in total. The summed E-state index contributed by atoms with van der Waals surface area (Å²) in [6, 6.07) is 10.7. The van der Waals surface area contributed by atoms with Gasteiger partial charge in [0.25, 0.3) is 5.91 Å². The van der Waals surface area contributed by atoms with Crippen LogP contribution in [0.25, 0.3) is 17.4 Å². The Labute approximate surface area is 173 Å². The number of rotatable bonds is 4. The Bertz CT molecular complexity index is 969. The first-order valence-corrected chi connectivity index (χ1v) is 10.6. The summed E-state index contributed by atoms with van der Waals surface area (Å²) < 4.78 is 10.9. The molecule has 0 saturated carbocycles. The fraction of sp³-hybridized carbons (Fsp3) is 0.318. The molecule has 150 valence electrons. The number of hydrogen-bond acceptors (Lipinski definition) is 6. The van der Waals surface area contributed by atoms with E-state index in [2.05, 4.69) is 9.89 Å². The van der Waals surface area contributed by atoms with Gasteiger partial charge >= 0.3 is 5.97 Å². The minimum Gasteiger partial charge on any atom is -0.462 e. The molecule has 4 rings (SSSR count). The van der Waals surface area contributed by atoms with Gasteiger partial charge in [-0.2, -0.15) is 4.99 Å². The molecule has 1 amide bonds. The lowest BCUT2D eigenvalue weighted by molar-refractivity contribution is -0.113. The lowest BCUT2D eigenvalue weighted by Gasteiger charge is -2.27. The van der Waals surface area contributed by atoms with E-state index in [1.54, 1.807) is 25.1 Å². The molecule has 2 aliphatic rings. The van der Waals surface area contributed by atoms with Gasteiger partial charge in [-0.15, -0.1) is 0 Å². The average molecular weight is 410 g/mol. The van der Waals surface area contributed by atoms with E-state index in [4.69, 9.17) is 9.15 Å². The number of benzene rings is 1. The highest BCUT2D eigenvalue weighted by molar-refractivity contribution is 8.18. The first kappa shape index (κ1) is 19.5. The van der Waals surface area contributed by atoms with Crippen molar-refractivity contribution in [2.24, 2.45) is 4.99 Å². The molecule has 0 spiro atoms. The van der Waals surface area contributed by atoms with E-state index in [0.29, 0.717) is 28.6 Å². The van der Waals surface area contributed by atoms with Gasteiger partial charge in [0.15, 0.2) is 5.17 Å². The summed E-state index contributed by atoms with van der Waals surface area (Å²) in [6.07, 6.45) is 5.26. The van der Waals surface area contributed by atoms with Crippen LogP contribution in [0.1, 0.15) is 42.3 Å². The van der Waals surface area contributed by atoms with Crippen LogP contribution < -0.4 is 0 Å². The molecule has 0 bridgehead atoms. The normalized spacial score (nSPS) is 18.2. The molecule has 3 heterocycles. The number of ether oxygens (including phenoxy) is 1. The van der Waals surface area contributed by atoms with Crippen LogP contribution in [0, 0.1) is 0 Å². The highest BCUT2D eigenvalue weighted by Crippen LogP contribution is 2.32. The topological polar surface area (TPSA) is 72.1 Å². The zero-order valence-electron chi connectivity index (χ0n) is 16.2. The van der Waals surface area contributed by atoms with Crippen LogP contribution in [0.2, 0.25) is 0 Å². The first-order chi connectivity index (χ1) is 14.1. The summed E-state index contributed by atoms with van der Waals surface area (Å²) in [6.45, 7) is 4.04. The van der Waals surface area contributed by atoms with Gasteiger partial charge in [0.1, 0.15) is 11.5 Å². The maximum atomic E-state index is 12.3. The Hall–Kier alpha value is -2.80. The minimum absolute atomic E-state index is 0.215. The Morgan fingerprint density at radius 2 is 1.93 bits per heavy atom. The smallest absolute Gasteiger partial charge is 0.338 e. The molecule has 0 aliphatic carbocycles. The summed E-state index contributed by atoms with van der Waals surface area (Å²) in [4.78, 5) is 31.0. The van der Waals surface area contributed by atoms with Crippen molar-refractivity contribution < 1.29 is 18.7 Å². The zero-order chi connectivity index (χ0) is 20.2. The molecule has 29 heavy (non-hydrogen) atoms. The summed E-state index contributed by atoms with van der Waals surface area (Å²) in [7, 11) is 0. The van der Waals surface area contributed by atoms with Crippen molar-refractivity contribution >= 4 is 34.9 Å². The summed E-state index contributed by atoms with van der Waals surface area (Å²) in [5.74, 6) is 0.706. The number of aliphatic imine (C=N–C) groups is 1. The van der Waals surface area contributed by atoms with Crippen molar-refractivity contribution in [1.82, 2.24) is 4.90 Å². The van der Waals surface area contributed by atoms with Crippen molar-refractivity contribution in [3.63, 3.8) is 0 Å². The quantitative estimate of drug-likeness (QED) is 0.543. The number of thioether (sulfide) groups is 1. The molecule has 0 unspecified atom stereocenters. The van der Waals surface area contributed by atoms with E-state index in [1.807, 2.05) is 24.3 Å². The number of piperidine rings is 1. The molecule has 7 heteroatoms. The third kappa shape index (κ3) is 4.45. The fourth-order valence-corrected chi connectivity index (χ4v) is 4.26. The number of carbonyl (C=O) groups excluding carboxylic acids is 2. The molecule has 0 N–H and O–H groups in total. The molecular formula is C22H22N2O4S. The predicted molar refractivity (Wildman–Crippen MR) is 114 cm³/mol. The van der Waals surface area contributed by atoms with E-state index in [1.165, 1.54) is 18.2 Å². The fourth-order valence-electron chi connectivity index (χ4n) is 3.32. The van der Waals surface area contributed by atoms with Crippen LogP contribution in [0.3, 0.4) is 0 Å². The van der Waals surface area contributed by atoms with Crippen LogP contribution in [0.4, 0.5) is 0 Å². The summed E-state index contributed by atoms with van der Waals surface area (Å²) in [5, 5.41) is 0.794. The van der Waals surface area contributed by atoms with E-state index < -0.39 is 0 Å².